The highest BCUT2D eigenvalue weighted by atomic mass is 16.5. The van der Waals surface area contributed by atoms with Crippen LogP contribution in [0.4, 0.5) is 0 Å². The Labute approximate surface area is 119 Å². The monoisotopic (exact) mass is 279 g/mol. The summed E-state index contributed by atoms with van der Waals surface area (Å²) in [6.07, 6.45) is 2.52. The molecule has 1 fully saturated rings. The van der Waals surface area contributed by atoms with E-state index in [-0.39, 0.29) is 18.1 Å². The Kier molecular flexibility index (Phi) is 4.92. The van der Waals surface area contributed by atoms with Crippen LogP contribution in [0, 0.1) is 0 Å². The highest BCUT2D eigenvalue weighted by Gasteiger charge is 2.34. The quantitative estimate of drug-likeness (QED) is 0.846. The SMILES string of the molecule is COc1ncccc1CNC(=O)[C@@H]1C[C@H](OC)CN1C. The Morgan fingerprint density at radius 1 is 1.55 bits per heavy atom. The van der Waals surface area contributed by atoms with Gasteiger partial charge in [0.2, 0.25) is 11.8 Å². The summed E-state index contributed by atoms with van der Waals surface area (Å²) in [6.45, 7) is 1.20. The number of methoxy groups -OCH3 is 2. The molecule has 1 amide bonds. The highest BCUT2D eigenvalue weighted by Crippen LogP contribution is 2.19. The van der Waals surface area contributed by atoms with Gasteiger partial charge in [-0.15, -0.1) is 0 Å². The second-order valence-electron chi connectivity index (χ2n) is 4.94. The van der Waals surface area contributed by atoms with Gasteiger partial charge in [0.1, 0.15) is 0 Å². The summed E-state index contributed by atoms with van der Waals surface area (Å²) < 4.78 is 10.5. The van der Waals surface area contributed by atoms with Crippen LogP contribution in [0.3, 0.4) is 0 Å². The standard InChI is InChI=1S/C14H21N3O3/c1-17-9-11(19-2)7-12(17)13(18)16-8-10-5-4-6-15-14(10)20-3/h4-6,11-12H,7-9H2,1-3H3,(H,16,18)/t11-,12-/m0/s1. The maximum Gasteiger partial charge on any atom is 0.237 e. The Bertz CT molecular complexity index is 467. The lowest BCUT2D eigenvalue weighted by atomic mass is 10.2. The minimum Gasteiger partial charge on any atom is -0.481 e. The topological polar surface area (TPSA) is 63.7 Å². The van der Waals surface area contributed by atoms with Gasteiger partial charge >= 0.3 is 0 Å². The first kappa shape index (κ1) is 14.7. The minimum absolute atomic E-state index is 0.0120. The van der Waals surface area contributed by atoms with E-state index in [2.05, 4.69) is 10.3 Å². The predicted molar refractivity (Wildman–Crippen MR) is 74.5 cm³/mol. The van der Waals surface area contributed by atoms with Gasteiger partial charge in [-0.2, -0.15) is 0 Å². The van der Waals surface area contributed by atoms with Gasteiger partial charge < -0.3 is 14.8 Å². The van der Waals surface area contributed by atoms with Gasteiger partial charge in [0.05, 0.1) is 19.3 Å². The Balaban J connectivity index is 1.92. The van der Waals surface area contributed by atoms with Gasteiger partial charge in [-0.3, -0.25) is 9.69 Å². The molecule has 1 saturated heterocycles. The molecule has 1 aliphatic heterocycles. The Hall–Kier alpha value is -1.66. The molecule has 110 valence electrons. The molecule has 2 atom stereocenters. The fraction of sp³-hybridized carbons (Fsp3) is 0.571. The number of nitrogens with one attached hydrogen (secondary N) is 1. The number of hydrogen-bond acceptors (Lipinski definition) is 5. The lowest BCUT2D eigenvalue weighted by molar-refractivity contribution is -0.125. The molecule has 1 aromatic rings. The van der Waals surface area contributed by atoms with Crippen molar-refractivity contribution in [2.75, 3.05) is 27.8 Å². The number of pyridine rings is 1. The number of ether oxygens (including phenoxy) is 2. The summed E-state index contributed by atoms with van der Waals surface area (Å²) >= 11 is 0. The number of nitrogens with zero attached hydrogens (tertiary/aromatic N) is 2. The Morgan fingerprint density at radius 2 is 2.35 bits per heavy atom. The predicted octanol–water partition coefficient (Wildman–Crippen LogP) is 0.425. The van der Waals surface area contributed by atoms with Crippen LogP contribution in [-0.4, -0.2) is 55.7 Å². The van der Waals surface area contributed by atoms with Crippen LogP contribution in [0.15, 0.2) is 18.3 Å². The van der Waals surface area contributed by atoms with Crippen molar-refractivity contribution < 1.29 is 14.3 Å². The third kappa shape index (κ3) is 3.26. The number of aromatic nitrogens is 1. The average molecular weight is 279 g/mol. The number of hydrogen-bond donors (Lipinski definition) is 1. The van der Waals surface area contributed by atoms with E-state index in [0.717, 1.165) is 18.5 Å². The molecule has 1 aromatic heterocycles. The normalized spacial score (nSPS) is 22.8. The van der Waals surface area contributed by atoms with Crippen LogP contribution < -0.4 is 10.1 Å². The molecule has 20 heavy (non-hydrogen) atoms. The third-order valence-electron chi connectivity index (χ3n) is 3.64. The molecular weight excluding hydrogens is 258 g/mol. The molecule has 6 nitrogen and oxygen atoms in total. The number of carbonyl (C=O) groups excluding carboxylic acids is 1. The van der Waals surface area contributed by atoms with Crippen LogP contribution in [0.5, 0.6) is 5.88 Å². The molecule has 1 N–H and O–H groups in total. The average Bonchev–Trinajstić information content (AvgIpc) is 2.86. The molecule has 2 heterocycles. The van der Waals surface area contributed by atoms with Crippen LogP contribution >= 0.6 is 0 Å². The summed E-state index contributed by atoms with van der Waals surface area (Å²) in [5.41, 5.74) is 0.868. The highest BCUT2D eigenvalue weighted by molar-refractivity contribution is 5.82. The molecule has 0 spiro atoms. The van der Waals surface area contributed by atoms with Crippen molar-refractivity contribution in [3.05, 3.63) is 23.9 Å². The number of carbonyl (C=O) groups is 1. The molecule has 1 aliphatic rings. The van der Waals surface area contributed by atoms with Crippen molar-refractivity contribution in [2.45, 2.75) is 25.1 Å². The van der Waals surface area contributed by atoms with Crippen molar-refractivity contribution >= 4 is 5.91 Å². The fourth-order valence-corrected chi connectivity index (χ4v) is 2.47. The molecule has 0 aromatic carbocycles. The zero-order chi connectivity index (χ0) is 14.5. The van der Waals surface area contributed by atoms with E-state index in [9.17, 15) is 4.79 Å². The van der Waals surface area contributed by atoms with Crippen LogP contribution in [0.2, 0.25) is 0 Å². The van der Waals surface area contributed by atoms with Crippen molar-refractivity contribution in [1.82, 2.24) is 15.2 Å². The Morgan fingerprint density at radius 3 is 3.00 bits per heavy atom. The second-order valence-corrected chi connectivity index (χ2v) is 4.94. The van der Waals surface area contributed by atoms with Crippen molar-refractivity contribution in [3.8, 4) is 5.88 Å². The molecule has 0 aliphatic carbocycles. The van der Waals surface area contributed by atoms with E-state index in [1.165, 1.54) is 0 Å². The number of rotatable bonds is 5. The molecule has 0 radical (unpaired) electrons. The molecule has 6 heteroatoms. The zero-order valence-corrected chi connectivity index (χ0v) is 12.1. The maximum atomic E-state index is 12.2. The number of likely N-dealkylation sites (tertiary alicyclic amines) is 1. The van der Waals surface area contributed by atoms with E-state index in [1.54, 1.807) is 20.4 Å². The van der Waals surface area contributed by atoms with E-state index in [4.69, 9.17) is 9.47 Å². The lowest BCUT2D eigenvalue weighted by Crippen LogP contribution is -2.41. The first-order valence-corrected chi connectivity index (χ1v) is 6.64. The van der Waals surface area contributed by atoms with Gasteiger partial charge in [0.15, 0.2) is 0 Å². The molecule has 0 unspecified atom stereocenters. The molecule has 0 bridgehead atoms. The van der Waals surface area contributed by atoms with E-state index >= 15 is 0 Å². The summed E-state index contributed by atoms with van der Waals surface area (Å²) in [5.74, 6) is 0.556. The molecular formula is C14H21N3O3. The first-order chi connectivity index (χ1) is 9.65. The molecule has 2 rings (SSSR count). The summed E-state index contributed by atoms with van der Waals surface area (Å²) in [6, 6.07) is 3.58. The van der Waals surface area contributed by atoms with E-state index in [0.29, 0.717) is 12.4 Å². The zero-order valence-electron chi connectivity index (χ0n) is 12.1. The minimum atomic E-state index is -0.136. The third-order valence-corrected chi connectivity index (χ3v) is 3.64. The largest absolute Gasteiger partial charge is 0.481 e. The van der Waals surface area contributed by atoms with Gasteiger partial charge in [-0.1, -0.05) is 6.07 Å². The van der Waals surface area contributed by atoms with Crippen molar-refractivity contribution in [1.29, 1.82) is 0 Å². The van der Waals surface area contributed by atoms with Crippen molar-refractivity contribution in [3.63, 3.8) is 0 Å². The lowest BCUT2D eigenvalue weighted by Gasteiger charge is -2.18. The van der Waals surface area contributed by atoms with Gasteiger partial charge in [-0.05, 0) is 19.5 Å². The van der Waals surface area contributed by atoms with Gasteiger partial charge in [0.25, 0.3) is 0 Å². The van der Waals surface area contributed by atoms with Crippen molar-refractivity contribution in [2.24, 2.45) is 0 Å². The van der Waals surface area contributed by atoms with E-state index in [1.807, 2.05) is 24.1 Å². The van der Waals surface area contributed by atoms with Crippen LogP contribution in [-0.2, 0) is 16.1 Å². The van der Waals surface area contributed by atoms with E-state index < -0.39 is 0 Å². The first-order valence-electron chi connectivity index (χ1n) is 6.64. The fourth-order valence-electron chi connectivity index (χ4n) is 2.47. The molecule has 0 saturated carbocycles. The van der Waals surface area contributed by atoms with Gasteiger partial charge in [0, 0.05) is 32.0 Å². The summed E-state index contributed by atoms with van der Waals surface area (Å²) in [5, 5.41) is 2.93. The summed E-state index contributed by atoms with van der Waals surface area (Å²) in [7, 11) is 5.19. The smallest absolute Gasteiger partial charge is 0.237 e. The van der Waals surface area contributed by atoms with Crippen LogP contribution in [0.1, 0.15) is 12.0 Å². The van der Waals surface area contributed by atoms with Gasteiger partial charge in [-0.25, -0.2) is 4.98 Å². The summed E-state index contributed by atoms with van der Waals surface area (Å²) in [4.78, 5) is 18.3. The maximum absolute atomic E-state index is 12.2. The number of amides is 1. The van der Waals surface area contributed by atoms with Crippen LogP contribution in [0.25, 0.3) is 0 Å². The second kappa shape index (κ2) is 6.67. The number of likely N-dealkylation sites (N-methyl/N-ethyl adjacent to an activating group) is 1.